The number of fused-ring (bicyclic) bond motifs is 5. The Morgan fingerprint density at radius 1 is 0.300 bits per heavy atom. The molecule has 50 heavy (non-hydrogen) atoms. The van der Waals surface area contributed by atoms with Gasteiger partial charge in [0.2, 0.25) is 0 Å². The summed E-state index contributed by atoms with van der Waals surface area (Å²) in [5, 5.41) is 7.76. The summed E-state index contributed by atoms with van der Waals surface area (Å²) in [6.45, 7) is 0. The fraction of sp³-hybridized carbons (Fsp3) is 0. The second kappa shape index (κ2) is 9.17. The molecule has 236 valence electrons. The SMILES string of the molecule is O=C1OC(=O)c2ccc3c4ccc5c6c(ccc(c7ccc1c2c73)c64)C(=O)OC5=O.O=c1oc(=O)c2cc3cc4c(=O)oc(=O)c4cc3cc12. The Kier molecular flexibility index (Phi) is 5.09. The Morgan fingerprint density at radius 3 is 0.820 bits per heavy atom. The van der Waals surface area contributed by atoms with E-state index in [1.54, 1.807) is 24.3 Å². The van der Waals surface area contributed by atoms with Crippen molar-refractivity contribution in [2.45, 2.75) is 0 Å². The Hall–Kier alpha value is -7.34. The molecule has 0 spiro atoms. The molecule has 0 N–H and O–H groups in total. The van der Waals surface area contributed by atoms with E-state index < -0.39 is 46.4 Å². The third kappa shape index (κ3) is 3.42. The average Bonchev–Trinajstić information content (AvgIpc) is 3.54. The maximum atomic E-state index is 12.3. The second-order valence-corrected chi connectivity index (χ2v) is 12.0. The summed E-state index contributed by atoms with van der Waals surface area (Å²) in [5.41, 5.74) is -1.48. The number of hydrogen-bond acceptors (Lipinski definition) is 12. The lowest BCUT2D eigenvalue weighted by molar-refractivity contribution is 0.0373. The van der Waals surface area contributed by atoms with Crippen molar-refractivity contribution in [1.82, 2.24) is 0 Å². The summed E-state index contributed by atoms with van der Waals surface area (Å²) >= 11 is 0. The molecule has 2 aliphatic rings. The van der Waals surface area contributed by atoms with E-state index in [2.05, 4.69) is 8.83 Å². The number of esters is 4. The van der Waals surface area contributed by atoms with E-state index in [4.69, 9.17) is 9.47 Å². The van der Waals surface area contributed by atoms with Gasteiger partial charge in [0.25, 0.3) is 0 Å². The van der Waals surface area contributed by atoms with E-state index in [-0.39, 0.29) is 21.5 Å². The molecule has 7 aromatic carbocycles. The van der Waals surface area contributed by atoms with Gasteiger partial charge >= 0.3 is 46.4 Å². The molecule has 0 fully saturated rings. The molecule has 11 rings (SSSR count). The number of ether oxygens (including phenoxy) is 2. The summed E-state index contributed by atoms with van der Waals surface area (Å²) in [4.78, 5) is 95.2. The molecular formula is C38H12O12. The van der Waals surface area contributed by atoms with Crippen LogP contribution in [-0.4, -0.2) is 23.9 Å². The number of furan rings is 2. The van der Waals surface area contributed by atoms with Crippen LogP contribution in [0.25, 0.3) is 75.4 Å². The maximum Gasteiger partial charge on any atom is 0.346 e. The van der Waals surface area contributed by atoms with Crippen LogP contribution >= 0.6 is 0 Å². The molecule has 0 saturated carbocycles. The van der Waals surface area contributed by atoms with Gasteiger partial charge in [-0.3, -0.25) is 0 Å². The lowest BCUT2D eigenvalue weighted by atomic mass is 9.83. The minimum Gasteiger partial charge on any atom is -0.386 e. The molecule has 4 heterocycles. The first-order chi connectivity index (χ1) is 24.1. The second-order valence-electron chi connectivity index (χ2n) is 12.0. The van der Waals surface area contributed by atoms with E-state index in [0.29, 0.717) is 43.8 Å². The van der Waals surface area contributed by atoms with Gasteiger partial charge < -0.3 is 18.3 Å². The summed E-state index contributed by atoms with van der Waals surface area (Å²) < 4.78 is 18.8. The molecule has 0 aliphatic carbocycles. The van der Waals surface area contributed by atoms with Gasteiger partial charge in [-0.15, -0.1) is 0 Å². The topological polar surface area (TPSA) is 181 Å². The molecule has 0 radical (unpaired) electrons. The Labute approximate surface area is 273 Å². The Morgan fingerprint density at radius 2 is 0.560 bits per heavy atom. The molecule has 0 unspecified atom stereocenters. The molecule has 0 saturated heterocycles. The number of rotatable bonds is 0. The predicted molar refractivity (Wildman–Crippen MR) is 178 cm³/mol. The summed E-state index contributed by atoms with van der Waals surface area (Å²) in [6.07, 6.45) is 0. The van der Waals surface area contributed by atoms with Crippen LogP contribution in [-0.2, 0) is 9.47 Å². The molecule has 0 amide bonds. The van der Waals surface area contributed by atoms with Crippen molar-refractivity contribution in [3.8, 4) is 0 Å². The monoisotopic (exact) mass is 660 g/mol. The van der Waals surface area contributed by atoms with E-state index >= 15 is 0 Å². The zero-order valence-electron chi connectivity index (χ0n) is 24.8. The molecule has 2 aliphatic heterocycles. The van der Waals surface area contributed by atoms with Gasteiger partial charge in [0.05, 0.1) is 43.8 Å². The number of carbonyl (C=O) groups excluding carboxylic acids is 4. The van der Waals surface area contributed by atoms with Gasteiger partial charge in [0, 0.05) is 10.8 Å². The van der Waals surface area contributed by atoms with Crippen LogP contribution < -0.4 is 22.5 Å². The Bertz CT molecular complexity index is 2940. The predicted octanol–water partition coefficient (Wildman–Crippen LogP) is 5.01. The third-order valence-corrected chi connectivity index (χ3v) is 9.52. The van der Waals surface area contributed by atoms with Crippen molar-refractivity contribution in [1.29, 1.82) is 0 Å². The van der Waals surface area contributed by atoms with Crippen molar-refractivity contribution in [2.75, 3.05) is 0 Å². The molecule has 12 heteroatoms. The molecule has 9 aromatic rings. The van der Waals surface area contributed by atoms with Crippen LogP contribution in [0.4, 0.5) is 0 Å². The fourth-order valence-electron chi connectivity index (χ4n) is 7.37. The molecular weight excluding hydrogens is 648 g/mol. The van der Waals surface area contributed by atoms with Crippen LogP contribution in [0.15, 0.2) is 101 Å². The minimum atomic E-state index is -0.717. The number of cyclic esters (lactones) is 4. The molecule has 0 bridgehead atoms. The minimum absolute atomic E-state index is 0.153. The van der Waals surface area contributed by atoms with Crippen LogP contribution in [0.3, 0.4) is 0 Å². The van der Waals surface area contributed by atoms with Gasteiger partial charge in [-0.1, -0.05) is 24.3 Å². The summed E-state index contributed by atoms with van der Waals surface area (Å²) in [6, 6.07) is 19.7. The normalized spacial score (nSPS) is 14.0. The molecule has 12 nitrogen and oxygen atoms in total. The van der Waals surface area contributed by atoms with E-state index in [1.165, 1.54) is 24.3 Å². The van der Waals surface area contributed by atoms with Crippen LogP contribution in [0, 0.1) is 0 Å². The van der Waals surface area contributed by atoms with Crippen molar-refractivity contribution < 1.29 is 37.5 Å². The standard InChI is InChI=1S/C24H8O6.C14H4O6/c25-21-13-5-1-9-10-2-6-15-20-16(24(28)30-23(15)27)8-4-12(18(10)20)11-3-7-14(22(26)29-21)19(13)17(9)11;15-11-7-1-5-2-9-10(14(18)20-13(9)17)4-6(5)3-8(7)12(16)19-11/h1-8H;1-4H. The number of benzene rings is 7. The van der Waals surface area contributed by atoms with E-state index in [0.717, 1.165) is 32.3 Å². The van der Waals surface area contributed by atoms with Crippen molar-refractivity contribution >= 4 is 99.3 Å². The zero-order chi connectivity index (χ0) is 34.3. The van der Waals surface area contributed by atoms with Crippen molar-refractivity contribution in [3.63, 3.8) is 0 Å². The van der Waals surface area contributed by atoms with Crippen molar-refractivity contribution in [3.05, 3.63) is 137 Å². The van der Waals surface area contributed by atoms with Gasteiger partial charge in [-0.25, -0.2) is 38.4 Å². The quantitative estimate of drug-likeness (QED) is 0.0920. The molecule has 2 aromatic heterocycles. The first-order valence-corrected chi connectivity index (χ1v) is 15.0. The number of hydrogen-bond donors (Lipinski definition) is 0. The van der Waals surface area contributed by atoms with Crippen LogP contribution in [0.1, 0.15) is 41.4 Å². The maximum absolute atomic E-state index is 12.3. The average molecular weight is 661 g/mol. The Balaban J connectivity index is 0.000000138. The lowest BCUT2D eigenvalue weighted by Crippen LogP contribution is -2.20. The first kappa shape index (κ1) is 27.7. The molecule has 0 atom stereocenters. The highest BCUT2D eigenvalue weighted by Crippen LogP contribution is 2.45. The smallest absolute Gasteiger partial charge is 0.346 e. The summed E-state index contributed by atoms with van der Waals surface area (Å²) in [7, 11) is 0. The highest BCUT2D eigenvalue weighted by Gasteiger charge is 2.32. The van der Waals surface area contributed by atoms with Crippen LogP contribution in [0.5, 0.6) is 0 Å². The highest BCUT2D eigenvalue weighted by molar-refractivity contribution is 6.39. The van der Waals surface area contributed by atoms with Gasteiger partial charge in [0.1, 0.15) is 0 Å². The van der Waals surface area contributed by atoms with E-state index in [9.17, 15) is 38.4 Å². The largest absolute Gasteiger partial charge is 0.386 e. The first-order valence-electron chi connectivity index (χ1n) is 15.0. The van der Waals surface area contributed by atoms with Crippen LogP contribution in [0.2, 0.25) is 0 Å². The number of carbonyl (C=O) groups is 4. The van der Waals surface area contributed by atoms with E-state index in [1.807, 2.05) is 24.3 Å². The lowest BCUT2D eigenvalue weighted by Gasteiger charge is -2.22. The highest BCUT2D eigenvalue weighted by atomic mass is 16.6. The zero-order valence-corrected chi connectivity index (χ0v) is 24.8. The summed E-state index contributed by atoms with van der Waals surface area (Å²) in [5.74, 6) is -2.66. The fourth-order valence-corrected chi connectivity index (χ4v) is 7.37. The van der Waals surface area contributed by atoms with Gasteiger partial charge in [0.15, 0.2) is 0 Å². The third-order valence-electron chi connectivity index (χ3n) is 9.52. The van der Waals surface area contributed by atoms with Crippen molar-refractivity contribution in [2.24, 2.45) is 0 Å². The van der Waals surface area contributed by atoms with Gasteiger partial charge in [-0.05, 0) is 91.6 Å². The van der Waals surface area contributed by atoms with Gasteiger partial charge in [-0.2, -0.15) is 0 Å².